The standard InChI is InChI=1S/C13H19BrFN3.HI/c1-9(2)5-6-17-13(16)18-8-10-7-11(15)3-4-12(10)14;/h3-4,7,9H,5-6,8H2,1-2H3,(H3,16,17,18);1H. The van der Waals surface area contributed by atoms with Crippen LogP contribution in [-0.4, -0.2) is 12.5 Å². The van der Waals surface area contributed by atoms with Crippen LogP contribution in [0.4, 0.5) is 4.39 Å². The predicted molar refractivity (Wildman–Crippen MR) is 92.3 cm³/mol. The van der Waals surface area contributed by atoms with Gasteiger partial charge in [0.15, 0.2) is 5.96 Å². The zero-order chi connectivity index (χ0) is 13.5. The fraction of sp³-hybridized carbons (Fsp3) is 0.462. The molecule has 0 spiro atoms. The van der Waals surface area contributed by atoms with Gasteiger partial charge in [-0.05, 0) is 36.1 Å². The third kappa shape index (κ3) is 7.71. The van der Waals surface area contributed by atoms with E-state index < -0.39 is 0 Å². The van der Waals surface area contributed by atoms with E-state index in [0.29, 0.717) is 18.4 Å². The number of aliphatic imine (C=N–C) groups is 1. The Morgan fingerprint density at radius 1 is 1.47 bits per heavy atom. The largest absolute Gasteiger partial charge is 0.370 e. The molecule has 0 saturated heterocycles. The number of rotatable bonds is 5. The molecule has 3 N–H and O–H groups in total. The minimum absolute atomic E-state index is 0. The predicted octanol–water partition coefficient (Wildman–Crippen LogP) is 3.66. The molecular weight excluding hydrogens is 424 g/mol. The van der Waals surface area contributed by atoms with Crippen molar-refractivity contribution in [1.82, 2.24) is 5.32 Å². The van der Waals surface area contributed by atoms with Gasteiger partial charge in [0.25, 0.3) is 0 Å². The zero-order valence-electron chi connectivity index (χ0n) is 11.1. The maximum atomic E-state index is 13.0. The van der Waals surface area contributed by atoms with Gasteiger partial charge in [0.2, 0.25) is 0 Å². The van der Waals surface area contributed by atoms with E-state index in [2.05, 4.69) is 40.1 Å². The van der Waals surface area contributed by atoms with E-state index in [0.717, 1.165) is 23.0 Å². The molecule has 0 aliphatic carbocycles. The Hall–Kier alpha value is -0.370. The molecule has 19 heavy (non-hydrogen) atoms. The molecule has 0 bridgehead atoms. The van der Waals surface area contributed by atoms with Crippen molar-refractivity contribution in [3.63, 3.8) is 0 Å². The van der Waals surface area contributed by atoms with Crippen LogP contribution in [0.5, 0.6) is 0 Å². The molecule has 108 valence electrons. The normalized spacial score (nSPS) is 11.3. The van der Waals surface area contributed by atoms with Gasteiger partial charge in [0, 0.05) is 11.0 Å². The summed E-state index contributed by atoms with van der Waals surface area (Å²) in [5, 5.41) is 3.04. The summed E-state index contributed by atoms with van der Waals surface area (Å²) in [6.07, 6.45) is 1.04. The smallest absolute Gasteiger partial charge is 0.188 e. The van der Waals surface area contributed by atoms with Gasteiger partial charge in [-0.25, -0.2) is 9.38 Å². The molecule has 3 nitrogen and oxygen atoms in total. The van der Waals surface area contributed by atoms with Crippen LogP contribution in [-0.2, 0) is 6.54 Å². The summed E-state index contributed by atoms with van der Waals surface area (Å²) in [7, 11) is 0. The molecule has 0 radical (unpaired) electrons. The van der Waals surface area contributed by atoms with Gasteiger partial charge >= 0.3 is 0 Å². The molecular formula is C13H20BrFIN3. The quantitative estimate of drug-likeness (QED) is 0.414. The molecule has 0 fully saturated rings. The minimum Gasteiger partial charge on any atom is -0.370 e. The number of guanidine groups is 1. The summed E-state index contributed by atoms with van der Waals surface area (Å²) in [5.41, 5.74) is 6.51. The first-order chi connectivity index (χ1) is 8.49. The van der Waals surface area contributed by atoms with Gasteiger partial charge in [-0.3, -0.25) is 0 Å². The Kier molecular flexibility index (Phi) is 9.34. The minimum atomic E-state index is -0.269. The van der Waals surface area contributed by atoms with Crippen LogP contribution in [0.1, 0.15) is 25.8 Å². The average Bonchev–Trinajstić information content (AvgIpc) is 2.30. The van der Waals surface area contributed by atoms with Gasteiger partial charge in [-0.15, -0.1) is 24.0 Å². The van der Waals surface area contributed by atoms with E-state index in [1.807, 2.05) is 0 Å². The molecule has 6 heteroatoms. The van der Waals surface area contributed by atoms with Crippen LogP contribution in [0, 0.1) is 11.7 Å². The summed E-state index contributed by atoms with van der Waals surface area (Å²) in [6.45, 7) is 5.47. The first-order valence-corrected chi connectivity index (χ1v) is 6.76. The Labute approximate surface area is 139 Å². The van der Waals surface area contributed by atoms with Crippen molar-refractivity contribution in [2.75, 3.05) is 6.54 Å². The Morgan fingerprint density at radius 3 is 2.79 bits per heavy atom. The fourth-order valence-electron chi connectivity index (χ4n) is 1.38. The van der Waals surface area contributed by atoms with Crippen molar-refractivity contribution in [2.24, 2.45) is 16.6 Å². The lowest BCUT2D eigenvalue weighted by molar-refractivity contribution is 0.576. The zero-order valence-corrected chi connectivity index (χ0v) is 15.0. The van der Waals surface area contributed by atoms with Crippen LogP contribution in [0.2, 0.25) is 0 Å². The number of hydrogen-bond acceptors (Lipinski definition) is 1. The highest BCUT2D eigenvalue weighted by Gasteiger charge is 2.01. The number of hydrogen-bond donors (Lipinski definition) is 2. The van der Waals surface area contributed by atoms with Crippen molar-refractivity contribution < 1.29 is 4.39 Å². The number of nitrogens with two attached hydrogens (primary N) is 1. The highest BCUT2D eigenvalue weighted by molar-refractivity contribution is 14.0. The van der Waals surface area contributed by atoms with Gasteiger partial charge < -0.3 is 11.1 Å². The second-order valence-electron chi connectivity index (χ2n) is 4.55. The summed E-state index contributed by atoms with van der Waals surface area (Å²) < 4.78 is 13.9. The van der Waals surface area contributed by atoms with Gasteiger partial charge in [0.1, 0.15) is 5.82 Å². The van der Waals surface area contributed by atoms with Gasteiger partial charge in [-0.2, -0.15) is 0 Å². The molecule has 1 rings (SSSR count). The Balaban J connectivity index is 0.00000324. The number of halogens is 3. The molecule has 0 atom stereocenters. The summed E-state index contributed by atoms with van der Waals surface area (Å²) in [6, 6.07) is 4.53. The van der Waals surface area contributed by atoms with Crippen molar-refractivity contribution in [3.05, 3.63) is 34.1 Å². The summed E-state index contributed by atoms with van der Waals surface area (Å²) >= 11 is 3.36. The highest BCUT2D eigenvalue weighted by atomic mass is 127. The monoisotopic (exact) mass is 443 g/mol. The molecule has 0 heterocycles. The van der Waals surface area contributed by atoms with E-state index in [-0.39, 0.29) is 29.8 Å². The van der Waals surface area contributed by atoms with Crippen molar-refractivity contribution in [2.45, 2.75) is 26.8 Å². The molecule has 0 unspecified atom stereocenters. The molecule has 0 aliphatic heterocycles. The van der Waals surface area contributed by atoms with Crippen molar-refractivity contribution >= 4 is 45.9 Å². The lowest BCUT2D eigenvalue weighted by Gasteiger charge is -2.08. The lowest BCUT2D eigenvalue weighted by Crippen LogP contribution is -2.32. The molecule has 0 aliphatic rings. The number of nitrogens with zero attached hydrogens (tertiary/aromatic N) is 1. The number of benzene rings is 1. The van der Waals surface area contributed by atoms with Crippen LogP contribution in [0.3, 0.4) is 0 Å². The Bertz CT molecular complexity index is 424. The first kappa shape index (κ1) is 18.6. The Morgan fingerprint density at radius 2 is 2.16 bits per heavy atom. The summed E-state index contributed by atoms with van der Waals surface area (Å²) in [5.74, 6) is 0.754. The maximum absolute atomic E-state index is 13.0. The molecule has 0 amide bonds. The van der Waals surface area contributed by atoms with E-state index in [1.165, 1.54) is 12.1 Å². The molecule has 1 aromatic rings. The highest BCUT2D eigenvalue weighted by Crippen LogP contribution is 2.18. The number of nitrogens with one attached hydrogen (secondary N) is 1. The maximum Gasteiger partial charge on any atom is 0.188 e. The van der Waals surface area contributed by atoms with E-state index in [1.54, 1.807) is 6.07 Å². The third-order valence-corrected chi connectivity index (χ3v) is 3.23. The van der Waals surface area contributed by atoms with Crippen LogP contribution in [0.15, 0.2) is 27.7 Å². The van der Waals surface area contributed by atoms with Crippen molar-refractivity contribution in [1.29, 1.82) is 0 Å². The lowest BCUT2D eigenvalue weighted by atomic mass is 10.1. The second-order valence-corrected chi connectivity index (χ2v) is 5.40. The van der Waals surface area contributed by atoms with Gasteiger partial charge in [-0.1, -0.05) is 29.8 Å². The first-order valence-electron chi connectivity index (χ1n) is 5.96. The SMILES string of the molecule is CC(C)CCNC(N)=NCc1cc(F)ccc1Br.I. The average molecular weight is 444 g/mol. The van der Waals surface area contributed by atoms with E-state index >= 15 is 0 Å². The topological polar surface area (TPSA) is 50.4 Å². The van der Waals surface area contributed by atoms with E-state index in [9.17, 15) is 4.39 Å². The second kappa shape index (κ2) is 9.52. The van der Waals surface area contributed by atoms with Gasteiger partial charge in [0.05, 0.1) is 6.54 Å². The van der Waals surface area contributed by atoms with Crippen LogP contribution < -0.4 is 11.1 Å². The van der Waals surface area contributed by atoms with E-state index in [4.69, 9.17) is 5.73 Å². The third-order valence-electron chi connectivity index (χ3n) is 2.46. The fourth-order valence-corrected chi connectivity index (χ4v) is 1.75. The van der Waals surface area contributed by atoms with Crippen LogP contribution >= 0.6 is 39.9 Å². The molecule has 0 aromatic heterocycles. The van der Waals surface area contributed by atoms with Crippen LogP contribution in [0.25, 0.3) is 0 Å². The molecule has 0 saturated carbocycles. The van der Waals surface area contributed by atoms with Crippen molar-refractivity contribution in [3.8, 4) is 0 Å². The summed E-state index contributed by atoms with van der Waals surface area (Å²) in [4.78, 5) is 4.18. The molecule has 1 aromatic carbocycles.